The maximum atomic E-state index is 5.58. The van der Waals surface area contributed by atoms with Crippen molar-refractivity contribution in [2.45, 2.75) is 26.4 Å². The SMILES string of the molecule is CCNC(=NCc1cccc(C)n1)NCC(c1ccc(OC)c(OC)c1)N1CCOCC1.I. The number of aliphatic imine (C=N–C) groups is 1. The minimum Gasteiger partial charge on any atom is -0.493 e. The van der Waals surface area contributed by atoms with E-state index in [1.165, 1.54) is 0 Å². The van der Waals surface area contributed by atoms with Crippen LogP contribution in [0.15, 0.2) is 41.4 Å². The number of nitrogens with zero attached hydrogens (tertiary/aromatic N) is 3. The molecule has 1 aliphatic rings. The van der Waals surface area contributed by atoms with Crippen molar-refractivity contribution >= 4 is 29.9 Å². The second-order valence-corrected chi connectivity index (χ2v) is 7.62. The van der Waals surface area contributed by atoms with E-state index in [9.17, 15) is 0 Å². The molecule has 2 aromatic rings. The van der Waals surface area contributed by atoms with Gasteiger partial charge in [-0.25, -0.2) is 4.99 Å². The maximum absolute atomic E-state index is 5.58. The molecule has 182 valence electrons. The second kappa shape index (κ2) is 14.2. The topological polar surface area (TPSA) is 80.2 Å². The summed E-state index contributed by atoms with van der Waals surface area (Å²) in [5.74, 6) is 2.23. The third-order valence-corrected chi connectivity index (χ3v) is 5.43. The Kier molecular flexibility index (Phi) is 11.7. The van der Waals surface area contributed by atoms with Gasteiger partial charge in [-0.1, -0.05) is 12.1 Å². The Morgan fingerprint density at radius 3 is 2.55 bits per heavy atom. The molecule has 0 spiro atoms. The van der Waals surface area contributed by atoms with Gasteiger partial charge >= 0.3 is 0 Å². The summed E-state index contributed by atoms with van der Waals surface area (Å²) in [6.07, 6.45) is 0. The Hall–Kier alpha value is -2.11. The van der Waals surface area contributed by atoms with Gasteiger partial charge in [0.1, 0.15) is 0 Å². The number of morpholine rings is 1. The first kappa shape index (κ1) is 27.1. The molecule has 1 aromatic heterocycles. The molecule has 0 aliphatic carbocycles. The number of hydrogen-bond donors (Lipinski definition) is 2. The van der Waals surface area contributed by atoms with Crippen molar-refractivity contribution in [3.05, 3.63) is 53.3 Å². The summed E-state index contributed by atoms with van der Waals surface area (Å²) >= 11 is 0. The van der Waals surface area contributed by atoms with E-state index in [1.54, 1.807) is 14.2 Å². The largest absolute Gasteiger partial charge is 0.493 e. The van der Waals surface area contributed by atoms with Gasteiger partial charge in [-0.2, -0.15) is 0 Å². The van der Waals surface area contributed by atoms with E-state index in [0.29, 0.717) is 13.1 Å². The first-order valence-electron chi connectivity index (χ1n) is 11.1. The minimum atomic E-state index is 0. The predicted molar refractivity (Wildman–Crippen MR) is 142 cm³/mol. The molecule has 0 saturated carbocycles. The molecular formula is C24H36IN5O3. The van der Waals surface area contributed by atoms with E-state index in [4.69, 9.17) is 19.2 Å². The quantitative estimate of drug-likeness (QED) is 0.273. The smallest absolute Gasteiger partial charge is 0.191 e. The predicted octanol–water partition coefficient (Wildman–Crippen LogP) is 3.15. The molecule has 1 aromatic carbocycles. The standard InChI is InChI=1S/C24H35N5O3.HI/c1-5-25-24(26-16-20-8-6-7-18(2)28-20)27-17-21(29-11-13-32-14-12-29)19-9-10-22(30-3)23(15-19)31-4;/h6-10,15,21H,5,11-14,16-17H2,1-4H3,(H2,25,26,27);1H. The van der Waals surface area contributed by atoms with E-state index in [0.717, 1.165) is 67.3 Å². The highest BCUT2D eigenvalue weighted by Gasteiger charge is 2.24. The minimum absolute atomic E-state index is 0. The Bertz CT molecular complexity index is 890. The van der Waals surface area contributed by atoms with Crippen LogP contribution in [-0.2, 0) is 11.3 Å². The van der Waals surface area contributed by atoms with E-state index < -0.39 is 0 Å². The number of ether oxygens (including phenoxy) is 3. The zero-order valence-electron chi connectivity index (χ0n) is 20.0. The highest BCUT2D eigenvalue weighted by molar-refractivity contribution is 14.0. The normalized spacial score (nSPS) is 15.3. The van der Waals surface area contributed by atoms with Gasteiger partial charge in [0.25, 0.3) is 0 Å². The van der Waals surface area contributed by atoms with E-state index in [2.05, 4.69) is 39.6 Å². The summed E-state index contributed by atoms with van der Waals surface area (Å²) in [6, 6.07) is 12.3. The zero-order chi connectivity index (χ0) is 22.8. The summed E-state index contributed by atoms with van der Waals surface area (Å²) in [5, 5.41) is 6.87. The van der Waals surface area contributed by atoms with Crippen LogP contribution in [0.3, 0.4) is 0 Å². The number of aromatic nitrogens is 1. The molecule has 33 heavy (non-hydrogen) atoms. The number of halogens is 1. The number of nitrogens with one attached hydrogen (secondary N) is 2. The van der Waals surface area contributed by atoms with Crippen molar-refractivity contribution in [3.63, 3.8) is 0 Å². The highest BCUT2D eigenvalue weighted by Crippen LogP contribution is 2.32. The van der Waals surface area contributed by atoms with Crippen molar-refractivity contribution in [2.24, 2.45) is 4.99 Å². The van der Waals surface area contributed by atoms with Gasteiger partial charge < -0.3 is 24.8 Å². The lowest BCUT2D eigenvalue weighted by atomic mass is 10.0. The summed E-state index contributed by atoms with van der Waals surface area (Å²) in [7, 11) is 3.32. The lowest BCUT2D eigenvalue weighted by molar-refractivity contribution is 0.0169. The Balaban J connectivity index is 0.00000385. The molecule has 9 heteroatoms. The molecule has 2 heterocycles. The van der Waals surface area contributed by atoms with E-state index >= 15 is 0 Å². The fraction of sp³-hybridized carbons (Fsp3) is 0.500. The van der Waals surface area contributed by atoms with E-state index in [-0.39, 0.29) is 30.0 Å². The maximum Gasteiger partial charge on any atom is 0.191 e. The first-order valence-corrected chi connectivity index (χ1v) is 11.1. The Labute approximate surface area is 214 Å². The van der Waals surface area contributed by atoms with Crippen LogP contribution in [0.4, 0.5) is 0 Å². The van der Waals surface area contributed by atoms with E-state index in [1.807, 2.05) is 31.2 Å². The van der Waals surface area contributed by atoms with Crippen LogP contribution < -0.4 is 20.1 Å². The van der Waals surface area contributed by atoms with Gasteiger partial charge in [0.05, 0.1) is 45.7 Å². The molecule has 0 bridgehead atoms. The van der Waals surface area contributed by atoms with Crippen molar-refractivity contribution < 1.29 is 14.2 Å². The van der Waals surface area contributed by atoms with Crippen LogP contribution in [0.5, 0.6) is 11.5 Å². The number of rotatable bonds is 9. The number of methoxy groups -OCH3 is 2. The number of pyridine rings is 1. The van der Waals surface area contributed by atoms with Gasteiger partial charge in [-0.15, -0.1) is 24.0 Å². The van der Waals surface area contributed by atoms with Crippen molar-refractivity contribution in [2.75, 3.05) is 53.6 Å². The summed E-state index contributed by atoms with van der Waals surface area (Å²) in [5.41, 5.74) is 3.11. The second-order valence-electron chi connectivity index (χ2n) is 7.62. The van der Waals surface area contributed by atoms with Gasteiger partial charge in [0.2, 0.25) is 0 Å². The Morgan fingerprint density at radius 1 is 1.12 bits per heavy atom. The summed E-state index contributed by atoms with van der Waals surface area (Å²) in [6.45, 7) is 9.28. The monoisotopic (exact) mass is 569 g/mol. The molecular weight excluding hydrogens is 533 g/mol. The van der Waals surface area contributed by atoms with Crippen LogP contribution in [0.25, 0.3) is 0 Å². The van der Waals surface area contributed by atoms with Crippen molar-refractivity contribution in [1.29, 1.82) is 0 Å². The van der Waals surface area contributed by atoms with Crippen molar-refractivity contribution in [1.82, 2.24) is 20.5 Å². The molecule has 1 unspecified atom stereocenters. The average Bonchev–Trinajstić information content (AvgIpc) is 2.83. The fourth-order valence-electron chi connectivity index (χ4n) is 3.79. The third-order valence-electron chi connectivity index (χ3n) is 5.43. The lowest BCUT2D eigenvalue weighted by Crippen LogP contribution is -2.46. The molecule has 0 amide bonds. The van der Waals surface area contributed by atoms with Crippen LogP contribution in [0.1, 0.15) is 29.9 Å². The van der Waals surface area contributed by atoms with Gasteiger partial charge in [0.15, 0.2) is 17.5 Å². The first-order chi connectivity index (χ1) is 15.6. The van der Waals surface area contributed by atoms with Crippen LogP contribution in [-0.4, -0.2) is 69.5 Å². The molecule has 1 saturated heterocycles. The number of aryl methyl sites for hydroxylation is 1. The van der Waals surface area contributed by atoms with Crippen LogP contribution in [0.2, 0.25) is 0 Å². The zero-order valence-corrected chi connectivity index (χ0v) is 22.3. The summed E-state index contributed by atoms with van der Waals surface area (Å²) in [4.78, 5) is 11.7. The van der Waals surface area contributed by atoms with Gasteiger partial charge in [-0.3, -0.25) is 9.88 Å². The number of guanidine groups is 1. The molecule has 1 aliphatic heterocycles. The van der Waals surface area contributed by atoms with Crippen LogP contribution >= 0.6 is 24.0 Å². The molecule has 2 N–H and O–H groups in total. The van der Waals surface area contributed by atoms with Crippen LogP contribution in [0, 0.1) is 6.92 Å². The molecule has 3 rings (SSSR count). The molecule has 0 radical (unpaired) electrons. The number of benzene rings is 1. The van der Waals surface area contributed by atoms with Gasteiger partial charge in [-0.05, 0) is 43.7 Å². The fourth-order valence-corrected chi connectivity index (χ4v) is 3.79. The third kappa shape index (κ3) is 8.01. The van der Waals surface area contributed by atoms with Gasteiger partial charge in [0, 0.05) is 31.9 Å². The van der Waals surface area contributed by atoms with Crippen molar-refractivity contribution in [3.8, 4) is 11.5 Å². The molecule has 8 nitrogen and oxygen atoms in total. The lowest BCUT2D eigenvalue weighted by Gasteiger charge is -2.35. The molecule has 1 fully saturated rings. The summed E-state index contributed by atoms with van der Waals surface area (Å²) < 4.78 is 16.5. The number of hydrogen-bond acceptors (Lipinski definition) is 6. The average molecular weight is 569 g/mol. The Morgan fingerprint density at radius 2 is 1.88 bits per heavy atom. The molecule has 1 atom stereocenters. The highest BCUT2D eigenvalue weighted by atomic mass is 127.